The number of aromatic nitrogens is 2. The Morgan fingerprint density at radius 2 is 1.91 bits per heavy atom. The number of halogens is 4. The molecule has 32 heavy (non-hydrogen) atoms. The highest BCUT2D eigenvalue weighted by molar-refractivity contribution is 5.91. The Labute approximate surface area is 182 Å². The van der Waals surface area contributed by atoms with Gasteiger partial charge in [0, 0.05) is 29.8 Å². The van der Waals surface area contributed by atoms with Crippen molar-refractivity contribution in [2.45, 2.75) is 32.0 Å². The van der Waals surface area contributed by atoms with Crippen LogP contribution in [0.1, 0.15) is 24.7 Å². The lowest BCUT2D eigenvalue weighted by Gasteiger charge is -2.28. The zero-order valence-electron chi connectivity index (χ0n) is 17.6. The molecule has 0 amide bonds. The number of hydrogen-bond donors (Lipinski definition) is 1. The monoisotopic (exact) mass is 447 g/mol. The Balaban J connectivity index is 2.04. The second-order valence-corrected chi connectivity index (χ2v) is 7.12. The number of rotatable bonds is 6. The van der Waals surface area contributed by atoms with Crippen molar-refractivity contribution in [1.29, 1.82) is 0 Å². The number of benzene rings is 2. The van der Waals surface area contributed by atoms with Gasteiger partial charge >= 0.3 is 6.18 Å². The summed E-state index contributed by atoms with van der Waals surface area (Å²) in [6.45, 7) is 3.19. The first kappa shape index (κ1) is 23.3. The van der Waals surface area contributed by atoms with Gasteiger partial charge in [-0.2, -0.15) is 13.2 Å². The third kappa shape index (κ3) is 4.62. The molecule has 1 unspecified atom stereocenters. The molecule has 0 spiro atoms. The van der Waals surface area contributed by atoms with Crippen LogP contribution in [0.3, 0.4) is 0 Å². The van der Waals surface area contributed by atoms with Gasteiger partial charge in [-0.25, -0.2) is 14.4 Å². The van der Waals surface area contributed by atoms with Crippen LogP contribution in [0, 0.1) is 12.7 Å². The van der Waals surface area contributed by atoms with E-state index in [1.807, 2.05) is 0 Å². The molecule has 0 saturated heterocycles. The zero-order valence-corrected chi connectivity index (χ0v) is 17.6. The maximum atomic E-state index is 14.1. The minimum Gasteiger partial charge on any atom is -0.493 e. The Morgan fingerprint density at radius 1 is 1.19 bits per heavy atom. The van der Waals surface area contributed by atoms with Crippen LogP contribution in [0.15, 0.2) is 53.7 Å². The average molecular weight is 447 g/mol. The van der Waals surface area contributed by atoms with E-state index in [2.05, 4.69) is 15.0 Å². The van der Waals surface area contributed by atoms with Crippen molar-refractivity contribution in [2.24, 2.45) is 4.99 Å². The fourth-order valence-electron chi connectivity index (χ4n) is 3.25. The molecule has 0 fully saturated rings. The summed E-state index contributed by atoms with van der Waals surface area (Å²) in [5.41, 5.74) is -2.47. The predicted octanol–water partition coefficient (Wildman–Crippen LogP) is 5.58. The van der Waals surface area contributed by atoms with Crippen LogP contribution in [-0.2, 0) is 0 Å². The fourth-order valence-corrected chi connectivity index (χ4v) is 3.25. The molecule has 3 aromatic rings. The fraction of sp³-hybridized carbons (Fsp3) is 0.261. The number of para-hydroxylation sites is 1. The van der Waals surface area contributed by atoms with Crippen molar-refractivity contribution in [3.05, 3.63) is 65.9 Å². The molecule has 9 heteroatoms. The minimum absolute atomic E-state index is 0.0458. The molecule has 2 aromatic carbocycles. The first-order chi connectivity index (χ1) is 15.1. The van der Waals surface area contributed by atoms with Crippen LogP contribution < -0.4 is 4.74 Å². The van der Waals surface area contributed by atoms with Crippen molar-refractivity contribution < 1.29 is 27.4 Å². The molecule has 1 heterocycles. The minimum atomic E-state index is -5.05. The van der Waals surface area contributed by atoms with Gasteiger partial charge in [0.25, 0.3) is 0 Å². The zero-order chi connectivity index (χ0) is 23.5. The van der Waals surface area contributed by atoms with Crippen molar-refractivity contribution in [3.63, 3.8) is 0 Å². The lowest BCUT2D eigenvalue weighted by molar-refractivity contribution is -0.226. The number of alkyl halides is 3. The molecule has 0 saturated carbocycles. The van der Waals surface area contributed by atoms with Crippen LogP contribution in [-0.4, -0.2) is 40.2 Å². The molecule has 168 valence electrons. The third-order valence-electron chi connectivity index (χ3n) is 4.96. The molecule has 0 aliphatic carbocycles. The summed E-state index contributed by atoms with van der Waals surface area (Å²) < 4.78 is 61.0. The summed E-state index contributed by atoms with van der Waals surface area (Å²) in [7, 11) is 1.22. The Bertz CT molecular complexity index is 1190. The summed E-state index contributed by atoms with van der Waals surface area (Å²) in [6.07, 6.45) is -2.65. The van der Waals surface area contributed by atoms with Crippen molar-refractivity contribution >= 4 is 28.4 Å². The van der Waals surface area contributed by atoms with E-state index in [9.17, 15) is 22.7 Å². The van der Waals surface area contributed by atoms with E-state index >= 15 is 0 Å². The van der Waals surface area contributed by atoms with E-state index in [1.54, 1.807) is 19.1 Å². The predicted molar refractivity (Wildman–Crippen MR) is 115 cm³/mol. The molecule has 1 N–H and O–H groups in total. The van der Waals surface area contributed by atoms with Gasteiger partial charge < -0.3 is 9.84 Å². The largest absolute Gasteiger partial charge is 0.493 e. The summed E-state index contributed by atoms with van der Waals surface area (Å²) in [6, 6.07) is 8.71. The smallest absolute Gasteiger partial charge is 0.422 e. The van der Waals surface area contributed by atoms with Gasteiger partial charge in [-0.3, -0.25) is 4.99 Å². The number of nitrogens with zero attached hydrogens (tertiary/aromatic N) is 3. The highest BCUT2D eigenvalue weighted by Crippen LogP contribution is 2.40. The summed E-state index contributed by atoms with van der Waals surface area (Å²) in [5.74, 6) is -0.421. The molecule has 1 aromatic heterocycles. The maximum Gasteiger partial charge on any atom is 0.422 e. The number of aryl methyl sites for hydroxylation is 1. The van der Waals surface area contributed by atoms with Crippen molar-refractivity contribution in [2.75, 3.05) is 7.11 Å². The van der Waals surface area contributed by atoms with Gasteiger partial charge in [0.1, 0.15) is 5.82 Å². The number of methoxy groups -OCH3 is 1. The van der Waals surface area contributed by atoms with E-state index < -0.39 is 24.0 Å². The Hall–Kier alpha value is -3.33. The van der Waals surface area contributed by atoms with E-state index in [4.69, 9.17) is 4.74 Å². The molecule has 0 bridgehead atoms. The Kier molecular flexibility index (Phi) is 6.59. The van der Waals surface area contributed by atoms with Crippen LogP contribution >= 0.6 is 0 Å². The third-order valence-corrected chi connectivity index (χ3v) is 4.96. The number of allylic oxidation sites excluding steroid dienone is 1. The summed E-state index contributed by atoms with van der Waals surface area (Å²) in [4.78, 5) is 12.2. The molecule has 5 nitrogen and oxygen atoms in total. The second-order valence-electron chi connectivity index (χ2n) is 7.12. The van der Waals surface area contributed by atoms with Crippen LogP contribution in [0.5, 0.6) is 5.75 Å². The molecule has 0 aliphatic rings. The first-order valence-electron chi connectivity index (χ1n) is 9.64. The van der Waals surface area contributed by atoms with Crippen LogP contribution in [0.25, 0.3) is 16.5 Å². The molecule has 3 rings (SSSR count). The first-order valence-corrected chi connectivity index (χ1v) is 9.64. The van der Waals surface area contributed by atoms with Gasteiger partial charge in [0.15, 0.2) is 17.2 Å². The number of ether oxygens (including phenoxy) is 1. The normalized spacial score (nSPS) is 14.7. The van der Waals surface area contributed by atoms with Gasteiger partial charge in [-0.15, -0.1) is 0 Å². The van der Waals surface area contributed by atoms with Crippen molar-refractivity contribution in [3.8, 4) is 5.75 Å². The average Bonchev–Trinajstić information content (AvgIpc) is 2.74. The van der Waals surface area contributed by atoms with Crippen LogP contribution in [0.4, 0.5) is 23.2 Å². The lowest BCUT2D eigenvalue weighted by atomic mass is 9.90. The standard InChI is InChI=1S/C23H21F4N3O2/c1-4-15(16-7-5-8-18(24)21(16)32-3)11-22(31,23(25,26)27)13-29-19-9-6-10-20-17(19)12-28-14(2)30-20/h4-10,12-13,31H,11H2,1-3H3/b15-4+,29-13?. The van der Waals surface area contributed by atoms with Gasteiger partial charge in [0.05, 0.1) is 18.3 Å². The molecular formula is C23H21F4N3O2. The van der Waals surface area contributed by atoms with E-state index in [0.717, 1.165) is 6.07 Å². The molecule has 0 aliphatic heterocycles. The van der Waals surface area contributed by atoms with Crippen molar-refractivity contribution in [1.82, 2.24) is 9.97 Å². The highest BCUT2D eigenvalue weighted by Gasteiger charge is 2.53. The number of fused-ring (bicyclic) bond motifs is 1. The van der Waals surface area contributed by atoms with E-state index in [-0.39, 0.29) is 22.6 Å². The summed E-state index contributed by atoms with van der Waals surface area (Å²) in [5, 5.41) is 11.1. The molecule has 1 atom stereocenters. The number of aliphatic imine (C=N–C) groups is 1. The van der Waals surface area contributed by atoms with E-state index in [0.29, 0.717) is 22.9 Å². The number of hydrogen-bond acceptors (Lipinski definition) is 5. The van der Waals surface area contributed by atoms with Gasteiger partial charge in [0.2, 0.25) is 0 Å². The van der Waals surface area contributed by atoms with Crippen LogP contribution in [0.2, 0.25) is 0 Å². The molecular weight excluding hydrogens is 426 g/mol. The lowest BCUT2D eigenvalue weighted by Crippen LogP contribution is -2.46. The number of aliphatic hydroxyl groups is 1. The Morgan fingerprint density at radius 3 is 2.56 bits per heavy atom. The molecule has 0 radical (unpaired) electrons. The maximum absolute atomic E-state index is 14.1. The topological polar surface area (TPSA) is 67.6 Å². The van der Waals surface area contributed by atoms with Gasteiger partial charge in [-0.05, 0) is 37.6 Å². The highest BCUT2D eigenvalue weighted by atomic mass is 19.4. The van der Waals surface area contributed by atoms with E-state index in [1.165, 1.54) is 44.5 Å². The second kappa shape index (κ2) is 9.04. The SMILES string of the molecule is C/C=C(\CC(O)(C=Nc1cccc2nc(C)ncc12)C(F)(F)F)c1cccc(F)c1OC. The van der Waals surface area contributed by atoms with Gasteiger partial charge in [-0.1, -0.05) is 24.3 Å². The quantitative estimate of drug-likeness (QED) is 0.396. The summed E-state index contributed by atoms with van der Waals surface area (Å²) >= 11 is 0.